The first kappa shape index (κ1) is 14.7. The van der Waals surface area contributed by atoms with Crippen LogP contribution in [0.1, 0.15) is 10.4 Å². The number of amides is 1. The van der Waals surface area contributed by atoms with Crippen molar-refractivity contribution in [2.24, 2.45) is 0 Å². The first-order chi connectivity index (χ1) is 10.1. The Morgan fingerprint density at radius 3 is 2.81 bits per heavy atom. The molecule has 21 heavy (non-hydrogen) atoms. The van der Waals surface area contributed by atoms with Gasteiger partial charge >= 0.3 is 0 Å². The lowest BCUT2D eigenvalue weighted by Gasteiger charge is -2.09. The molecule has 0 saturated heterocycles. The van der Waals surface area contributed by atoms with Crippen molar-refractivity contribution in [1.29, 1.82) is 0 Å². The minimum atomic E-state index is -0.327. The molecule has 0 spiro atoms. The van der Waals surface area contributed by atoms with Crippen molar-refractivity contribution in [2.45, 2.75) is 0 Å². The molecule has 1 aromatic heterocycles. The van der Waals surface area contributed by atoms with E-state index in [1.54, 1.807) is 30.3 Å². The topological polar surface area (TPSA) is 54.9 Å². The largest absolute Gasteiger partial charge is 0.319 e. The molecular formula is C13H6BrCl2N3OS. The van der Waals surface area contributed by atoms with Gasteiger partial charge in [0.1, 0.15) is 11.0 Å². The molecule has 0 fully saturated rings. The van der Waals surface area contributed by atoms with Crippen molar-refractivity contribution >= 4 is 73.5 Å². The van der Waals surface area contributed by atoms with Crippen LogP contribution in [0.4, 0.5) is 5.69 Å². The van der Waals surface area contributed by atoms with Crippen LogP contribution >= 0.6 is 50.9 Å². The van der Waals surface area contributed by atoms with E-state index in [9.17, 15) is 4.79 Å². The number of fused-ring (bicyclic) bond motifs is 1. The van der Waals surface area contributed by atoms with E-state index >= 15 is 0 Å². The lowest BCUT2D eigenvalue weighted by atomic mass is 10.2. The Morgan fingerprint density at radius 2 is 2.00 bits per heavy atom. The van der Waals surface area contributed by atoms with Crippen molar-refractivity contribution in [3.8, 4) is 0 Å². The number of hydrogen-bond acceptors (Lipinski definition) is 4. The summed E-state index contributed by atoms with van der Waals surface area (Å²) in [5.41, 5.74) is 2.11. The Bertz CT molecular complexity index is 853. The molecule has 0 radical (unpaired) electrons. The maximum absolute atomic E-state index is 12.4. The summed E-state index contributed by atoms with van der Waals surface area (Å²) in [4.78, 5) is 12.4. The van der Waals surface area contributed by atoms with Gasteiger partial charge in [-0.3, -0.25) is 4.79 Å². The van der Waals surface area contributed by atoms with Crippen LogP contribution in [-0.2, 0) is 0 Å². The molecular weight excluding hydrogens is 397 g/mol. The van der Waals surface area contributed by atoms with Crippen LogP contribution in [0.3, 0.4) is 0 Å². The van der Waals surface area contributed by atoms with Gasteiger partial charge in [-0.1, -0.05) is 23.2 Å². The van der Waals surface area contributed by atoms with E-state index in [1.165, 1.54) is 0 Å². The number of benzene rings is 2. The fourth-order valence-electron chi connectivity index (χ4n) is 1.80. The second-order valence-electron chi connectivity index (χ2n) is 4.13. The van der Waals surface area contributed by atoms with Gasteiger partial charge in [0.25, 0.3) is 5.91 Å². The standard InChI is InChI=1S/C13H6BrCl2N3OS/c14-8-2-1-6(15)5-7(8)13(20)17-11-9(16)3-4-10-12(11)19-21-18-10/h1-5H,(H,17,20). The molecule has 0 aliphatic carbocycles. The summed E-state index contributed by atoms with van der Waals surface area (Å²) in [6, 6.07) is 8.42. The molecule has 2 aromatic carbocycles. The Hall–Kier alpha value is -1.21. The second kappa shape index (κ2) is 5.88. The molecule has 4 nitrogen and oxygen atoms in total. The van der Waals surface area contributed by atoms with Crippen molar-refractivity contribution < 1.29 is 4.79 Å². The van der Waals surface area contributed by atoms with Gasteiger partial charge in [0.05, 0.1) is 28.0 Å². The highest BCUT2D eigenvalue weighted by Crippen LogP contribution is 2.31. The summed E-state index contributed by atoms with van der Waals surface area (Å²) in [7, 11) is 0. The first-order valence-corrected chi connectivity index (χ1v) is 8.01. The Labute approximate surface area is 142 Å². The number of carbonyl (C=O) groups excluding carboxylic acids is 1. The molecule has 1 heterocycles. The molecule has 0 unspecified atom stereocenters. The third kappa shape index (κ3) is 2.89. The third-order valence-electron chi connectivity index (χ3n) is 2.79. The van der Waals surface area contributed by atoms with Crippen LogP contribution in [0.2, 0.25) is 10.0 Å². The zero-order chi connectivity index (χ0) is 15.0. The number of rotatable bonds is 2. The van der Waals surface area contributed by atoms with Crippen molar-refractivity contribution in [2.75, 3.05) is 5.32 Å². The summed E-state index contributed by atoms with van der Waals surface area (Å²) in [5.74, 6) is -0.327. The molecule has 8 heteroatoms. The van der Waals surface area contributed by atoms with Gasteiger partial charge in [0, 0.05) is 9.50 Å². The molecule has 0 aliphatic heterocycles. The maximum Gasteiger partial charge on any atom is 0.256 e. The van der Waals surface area contributed by atoms with Crippen LogP contribution in [0.15, 0.2) is 34.8 Å². The zero-order valence-electron chi connectivity index (χ0n) is 10.2. The Morgan fingerprint density at radius 1 is 1.19 bits per heavy atom. The zero-order valence-corrected chi connectivity index (χ0v) is 14.1. The minimum absolute atomic E-state index is 0.327. The highest BCUT2D eigenvalue weighted by atomic mass is 79.9. The quantitative estimate of drug-likeness (QED) is 0.655. The molecule has 3 rings (SSSR count). The van der Waals surface area contributed by atoms with Crippen molar-refractivity contribution in [3.63, 3.8) is 0 Å². The maximum atomic E-state index is 12.4. The fourth-order valence-corrected chi connectivity index (χ4v) is 3.14. The van der Waals surface area contributed by atoms with Gasteiger partial charge in [-0.05, 0) is 46.3 Å². The predicted octanol–water partition coefficient (Wildman–Crippen LogP) is 5.01. The normalized spacial score (nSPS) is 10.8. The number of nitrogens with zero attached hydrogens (tertiary/aromatic N) is 2. The average Bonchev–Trinajstić information content (AvgIpc) is 2.93. The molecule has 3 aromatic rings. The number of nitrogens with one attached hydrogen (secondary N) is 1. The number of halogens is 3. The highest BCUT2D eigenvalue weighted by molar-refractivity contribution is 9.10. The lowest BCUT2D eigenvalue weighted by Crippen LogP contribution is -2.13. The predicted molar refractivity (Wildman–Crippen MR) is 89.5 cm³/mol. The molecule has 0 saturated carbocycles. The number of hydrogen-bond donors (Lipinski definition) is 1. The fraction of sp³-hybridized carbons (Fsp3) is 0. The number of anilines is 1. The van der Waals surface area contributed by atoms with Crippen LogP contribution in [0, 0.1) is 0 Å². The van der Waals surface area contributed by atoms with E-state index in [1.807, 2.05) is 0 Å². The van der Waals surface area contributed by atoms with Gasteiger partial charge in [0.15, 0.2) is 0 Å². The van der Waals surface area contributed by atoms with Gasteiger partial charge in [0.2, 0.25) is 0 Å². The molecule has 1 N–H and O–H groups in total. The summed E-state index contributed by atoms with van der Waals surface area (Å²) in [6.07, 6.45) is 0. The molecule has 0 bridgehead atoms. The Kier molecular flexibility index (Phi) is 4.12. The first-order valence-electron chi connectivity index (χ1n) is 5.73. The highest BCUT2D eigenvalue weighted by Gasteiger charge is 2.16. The molecule has 106 valence electrons. The van der Waals surface area contributed by atoms with Crippen LogP contribution in [-0.4, -0.2) is 14.7 Å². The van der Waals surface area contributed by atoms with E-state index in [0.717, 1.165) is 11.7 Å². The molecule has 0 aliphatic rings. The summed E-state index contributed by atoms with van der Waals surface area (Å²) >= 11 is 16.5. The van der Waals surface area contributed by atoms with E-state index in [-0.39, 0.29) is 5.91 Å². The Balaban J connectivity index is 2.02. The average molecular weight is 403 g/mol. The van der Waals surface area contributed by atoms with Crippen LogP contribution < -0.4 is 5.32 Å². The van der Waals surface area contributed by atoms with Crippen molar-refractivity contribution in [1.82, 2.24) is 8.75 Å². The van der Waals surface area contributed by atoms with E-state index < -0.39 is 0 Å². The van der Waals surface area contributed by atoms with Gasteiger partial charge in [-0.15, -0.1) is 0 Å². The van der Waals surface area contributed by atoms with Gasteiger partial charge < -0.3 is 5.32 Å². The SMILES string of the molecule is O=C(Nc1c(Cl)ccc2nsnc12)c1cc(Cl)ccc1Br. The van der Waals surface area contributed by atoms with E-state index in [2.05, 4.69) is 30.0 Å². The summed E-state index contributed by atoms with van der Waals surface area (Å²) in [6.45, 7) is 0. The number of aromatic nitrogens is 2. The van der Waals surface area contributed by atoms with E-state index in [4.69, 9.17) is 23.2 Å². The lowest BCUT2D eigenvalue weighted by molar-refractivity contribution is 0.102. The smallest absolute Gasteiger partial charge is 0.256 e. The van der Waals surface area contributed by atoms with Gasteiger partial charge in [-0.25, -0.2) is 0 Å². The van der Waals surface area contributed by atoms with Crippen LogP contribution in [0.5, 0.6) is 0 Å². The molecule has 0 atom stereocenters. The monoisotopic (exact) mass is 401 g/mol. The number of carbonyl (C=O) groups is 1. The third-order valence-corrected chi connectivity index (χ3v) is 4.57. The van der Waals surface area contributed by atoms with Gasteiger partial charge in [-0.2, -0.15) is 8.75 Å². The van der Waals surface area contributed by atoms with Crippen molar-refractivity contribution in [3.05, 3.63) is 50.4 Å². The molecule has 1 amide bonds. The summed E-state index contributed by atoms with van der Waals surface area (Å²) < 4.78 is 8.92. The summed E-state index contributed by atoms with van der Waals surface area (Å²) in [5, 5.41) is 3.65. The van der Waals surface area contributed by atoms with E-state index in [0.29, 0.717) is 36.8 Å². The minimum Gasteiger partial charge on any atom is -0.319 e. The second-order valence-corrected chi connectivity index (χ2v) is 6.36. The van der Waals surface area contributed by atoms with Crippen LogP contribution in [0.25, 0.3) is 11.0 Å².